The van der Waals surface area contributed by atoms with E-state index in [1.165, 1.54) is 0 Å². The summed E-state index contributed by atoms with van der Waals surface area (Å²) < 4.78 is 1.04. The Labute approximate surface area is 136 Å². The monoisotopic (exact) mass is 360 g/mol. The fraction of sp³-hybridized carbons (Fsp3) is 0.125. The number of carbonyl (C=O) groups excluding carboxylic acids is 1. The van der Waals surface area contributed by atoms with Crippen LogP contribution in [0.3, 0.4) is 0 Å². The van der Waals surface area contributed by atoms with E-state index in [0.717, 1.165) is 8.66 Å². The van der Waals surface area contributed by atoms with Gasteiger partial charge in [-0.1, -0.05) is 6.08 Å². The lowest BCUT2D eigenvalue weighted by atomic mass is 10.1. The highest BCUT2D eigenvalue weighted by Crippen LogP contribution is 2.23. The van der Waals surface area contributed by atoms with Gasteiger partial charge in [0.2, 0.25) is 0 Å². The molecular formula is C16H13BrN2OS. The Morgan fingerprint density at radius 3 is 2.57 bits per heavy atom. The van der Waals surface area contributed by atoms with Gasteiger partial charge in [0.05, 0.1) is 22.0 Å². The van der Waals surface area contributed by atoms with Crippen LogP contribution >= 0.6 is 27.3 Å². The lowest BCUT2D eigenvalue weighted by Crippen LogP contribution is -2.30. The number of benzene rings is 1. The fourth-order valence-electron chi connectivity index (χ4n) is 1.87. The molecule has 0 saturated heterocycles. The Balaban J connectivity index is 2.18. The number of halogens is 1. The van der Waals surface area contributed by atoms with Gasteiger partial charge in [-0.25, -0.2) is 0 Å². The van der Waals surface area contributed by atoms with Gasteiger partial charge in [-0.3, -0.25) is 4.79 Å². The molecule has 2 aromatic rings. The molecule has 0 aliphatic carbocycles. The first-order valence-electron chi connectivity index (χ1n) is 6.28. The van der Waals surface area contributed by atoms with Crippen molar-refractivity contribution < 1.29 is 4.79 Å². The third kappa shape index (κ3) is 4.03. The summed E-state index contributed by atoms with van der Waals surface area (Å²) in [6.45, 7) is 4.73. The summed E-state index contributed by atoms with van der Waals surface area (Å²) >= 11 is 5.03. The Morgan fingerprint density at radius 1 is 1.33 bits per heavy atom. The first-order valence-corrected chi connectivity index (χ1v) is 7.89. The molecule has 21 heavy (non-hydrogen) atoms. The average Bonchev–Trinajstić information content (AvgIpc) is 2.91. The van der Waals surface area contributed by atoms with E-state index >= 15 is 0 Å². The maximum absolute atomic E-state index is 12.5. The maximum atomic E-state index is 12.5. The molecule has 1 heterocycles. The molecule has 1 amide bonds. The topological polar surface area (TPSA) is 44.1 Å². The van der Waals surface area contributed by atoms with Gasteiger partial charge in [0.25, 0.3) is 5.91 Å². The summed E-state index contributed by atoms with van der Waals surface area (Å²) in [5, 5.41) is 8.80. The number of nitriles is 1. The van der Waals surface area contributed by atoms with Gasteiger partial charge in [-0.15, -0.1) is 17.9 Å². The van der Waals surface area contributed by atoms with Gasteiger partial charge in [-0.2, -0.15) is 5.26 Å². The molecule has 0 radical (unpaired) electrons. The predicted molar refractivity (Wildman–Crippen MR) is 88.1 cm³/mol. The second-order valence-electron chi connectivity index (χ2n) is 4.37. The molecule has 106 valence electrons. The Hall–Kier alpha value is -1.90. The number of rotatable bonds is 5. The summed E-state index contributed by atoms with van der Waals surface area (Å²) in [5.41, 5.74) is 1.12. The lowest BCUT2D eigenvalue weighted by Gasteiger charge is -2.20. The molecular weight excluding hydrogens is 348 g/mol. The number of thiophene rings is 1. The molecule has 1 aromatic heterocycles. The van der Waals surface area contributed by atoms with Crippen LogP contribution in [-0.2, 0) is 6.54 Å². The smallest absolute Gasteiger partial charge is 0.254 e. The van der Waals surface area contributed by atoms with Gasteiger partial charge < -0.3 is 4.90 Å². The van der Waals surface area contributed by atoms with Gasteiger partial charge in [-0.05, 0) is 52.3 Å². The first-order chi connectivity index (χ1) is 10.1. The normalized spacial score (nSPS) is 9.90. The highest BCUT2D eigenvalue weighted by molar-refractivity contribution is 9.11. The van der Waals surface area contributed by atoms with E-state index in [9.17, 15) is 4.79 Å². The van der Waals surface area contributed by atoms with E-state index in [0.29, 0.717) is 24.2 Å². The summed E-state index contributed by atoms with van der Waals surface area (Å²) in [6, 6.07) is 12.7. The molecule has 0 N–H and O–H groups in total. The highest BCUT2D eigenvalue weighted by atomic mass is 79.9. The molecule has 0 aliphatic rings. The standard InChI is InChI=1S/C16H13BrN2OS/c1-2-9-19(11-14-7-8-15(17)21-14)16(20)13-5-3-12(10-18)4-6-13/h2-8H,1,9,11H2. The van der Waals surface area contributed by atoms with Crippen LogP contribution in [0.25, 0.3) is 0 Å². The second-order valence-corrected chi connectivity index (χ2v) is 6.92. The highest BCUT2D eigenvalue weighted by Gasteiger charge is 2.15. The zero-order valence-electron chi connectivity index (χ0n) is 11.3. The van der Waals surface area contributed by atoms with Crippen molar-refractivity contribution in [2.45, 2.75) is 6.54 Å². The number of hydrogen-bond acceptors (Lipinski definition) is 3. The minimum absolute atomic E-state index is 0.0658. The minimum atomic E-state index is -0.0658. The molecule has 0 atom stereocenters. The lowest BCUT2D eigenvalue weighted by molar-refractivity contribution is 0.0764. The third-order valence-electron chi connectivity index (χ3n) is 2.87. The van der Waals surface area contributed by atoms with Crippen molar-refractivity contribution in [1.82, 2.24) is 4.90 Å². The van der Waals surface area contributed by atoms with Crippen LogP contribution in [0.15, 0.2) is 52.8 Å². The van der Waals surface area contributed by atoms with Gasteiger partial charge >= 0.3 is 0 Å². The SMILES string of the molecule is C=CCN(Cc1ccc(Br)s1)C(=O)c1ccc(C#N)cc1. The molecule has 0 aliphatic heterocycles. The Bertz CT molecular complexity index is 685. The zero-order chi connectivity index (χ0) is 15.2. The van der Waals surface area contributed by atoms with Gasteiger partial charge in [0.1, 0.15) is 0 Å². The molecule has 0 saturated carbocycles. The van der Waals surface area contributed by atoms with Crippen molar-refractivity contribution in [1.29, 1.82) is 5.26 Å². The molecule has 2 rings (SSSR count). The van der Waals surface area contributed by atoms with Crippen LogP contribution in [0.2, 0.25) is 0 Å². The second kappa shape index (κ2) is 7.21. The van der Waals surface area contributed by atoms with Crippen LogP contribution in [0.4, 0.5) is 0 Å². The number of nitrogens with zero attached hydrogens (tertiary/aromatic N) is 2. The Morgan fingerprint density at radius 2 is 2.05 bits per heavy atom. The van der Waals surface area contributed by atoms with E-state index in [2.05, 4.69) is 22.5 Å². The van der Waals surface area contributed by atoms with Gasteiger partial charge in [0, 0.05) is 17.0 Å². The van der Waals surface area contributed by atoms with Crippen molar-refractivity contribution >= 4 is 33.2 Å². The molecule has 3 nitrogen and oxygen atoms in total. The van der Waals surface area contributed by atoms with Crippen LogP contribution < -0.4 is 0 Å². The van der Waals surface area contributed by atoms with Crippen LogP contribution in [0.5, 0.6) is 0 Å². The van der Waals surface area contributed by atoms with E-state index in [1.807, 2.05) is 18.2 Å². The maximum Gasteiger partial charge on any atom is 0.254 e. The number of amides is 1. The molecule has 0 fully saturated rings. The van der Waals surface area contributed by atoms with Crippen molar-refractivity contribution in [3.8, 4) is 6.07 Å². The Kier molecular flexibility index (Phi) is 5.32. The minimum Gasteiger partial charge on any atom is -0.330 e. The fourth-order valence-corrected chi connectivity index (χ4v) is 3.37. The zero-order valence-corrected chi connectivity index (χ0v) is 13.7. The van der Waals surface area contributed by atoms with E-state index in [1.54, 1.807) is 46.6 Å². The summed E-state index contributed by atoms with van der Waals surface area (Å²) in [6.07, 6.45) is 1.71. The van der Waals surface area contributed by atoms with Crippen molar-refractivity contribution in [2.24, 2.45) is 0 Å². The summed E-state index contributed by atoms with van der Waals surface area (Å²) in [5.74, 6) is -0.0658. The first kappa shape index (κ1) is 15.5. The van der Waals surface area contributed by atoms with E-state index < -0.39 is 0 Å². The predicted octanol–water partition coefficient (Wildman–Crippen LogP) is 4.21. The molecule has 1 aromatic carbocycles. The van der Waals surface area contributed by atoms with Crippen molar-refractivity contribution in [3.05, 3.63) is 68.8 Å². The summed E-state index contributed by atoms with van der Waals surface area (Å²) in [7, 11) is 0. The van der Waals surface area contributed by atoms with Crippen LogP contribution in [0.1, 0.15) is 20.8 Å². The number of hydrogen-bond donors (Lipinski definition) is 0. The third-order valence-corrected chi connectivity index (χ3v) is 4.48. The van der Waals surface area contributed by atoms with E-state index in [-0.39, 0.29) is 5.91 Å². The quantitative estimate of drug-likeness (QED) is 0.749. The van der Waals surface area contributed by atoms with Crippen molar-refractivity contribution in [3.63, 3.8) is 0 Å². The van der Waals surface area contributed by atoms with Crippen molar-refractivity contribution in [2.75, 3.05) is 6.54 Å². The number of carbonyl (C=O) groups is 1. The van der Waals surface area contributed by atoms with Crippen LogP contribution in [-0.4, -0.2) is 17.4 Å². The summed E-state index contributed by atoms with van der Waals surface area (Å²) in [4.78, 5) is 15.4. The average molecular weight is 361 g/mol. The largest absolute Gasteiger partial charge is 0.330 e. The van der Waals surface area contributed by atoms with E-state index in [4.69, 9.17) is 5.26 Å². The molecule has 0 bridgehead atoms. The molecule has 5 heteroatoms. The molecule has 0 spiro atoms. The van der Waals surface area contributed by atoms with Gasteiger partial charge in [0.15, 0.2) is 0 Å². The molecule has 0 unspecified atom stereocenters. The van der Waals surface area contributed by atoms with Crippen LogP contribution in [0, 0.1) is 11.3 Å².